The number of carbonyl (C=O) groups excluding carboxylic acids is 1. The van der Waals surface area contributed by atoms with E-state index in [0.29, 0.717) is 18.7 Å². The monoisotopic (exact) mass is 293 g/mol. The molecule has 1 saturated heterocycles. The van der Waals surface area contributed by atoms with Crippen molar-refractivity contribution in [2.24, 2.45) is 5.92 Å². The van der Waals surface area contributed by atoms with Gasteiger partial charge in [0.15, 0.2) is 0 Å². The van der Waals surface area contributed by atoms with Crippen molar-refractivity contribution in [3.05, 3.63) is 28.5 Å². The van der Waals surface area contributed by atoms with Crippen molar-refractivity contribution >= 4 is 21.8 Å². The predicted octanol–water partition coefficient (Wildman–Crippen LogP) is 2.22. The third-order valence-corrected chi connectivity index (χ3v) is 3.41. The molecule has 17 heavy (non-hydrogen) atoms. The molecule has 0 N–H and O–H groups in total. The summed E-state index contributed by atoms with van der Waals surface area (Å²) in [6.45, 7) is 1.32. The average molecular weight is 294 g/mol. The summed E-state index contributed by atoms with van der Waals surface area (Å²) in [7, 11) is 0. The van der Waals surface area contributed by atoms with Crippen LogP contribution in [0.1, 0.15) is 23.2 Å². The topological polar surface area (TPSA) is 57.0 Å². The fourth-order valence-corrected chi connectivity index (χ4v) is 2.13. The van der Waals surface area contributed by atoms with Crippen LogP contribution in [0.25, 0.3) is 0 Å². The Morgan fingerprint density at radius 2 is 2.18 bits per heavy atom. The Kier molecular flexibility index (Phi) is 3.75. The zero-order chi connectivity index (χ0) is 12.3. The first-order valence-electron chi connectivity index (χ1n) is 5.51. The molecule has 4 nitrogen and oxygen atoms in total. The van der Waals surface area contributed by atoms with Crippen LogP contribution in [-0.2, 0) is 0 Å². The summed E-state index contributed by atoms with van der Waals surface area (Å²) in [4.78, 5) is 17.9. The van der Waals surface area contributed by atoms with E-state index in [0.717, 1.165) is 17.4 Å². The van der Waals surface area contributed by atoms with Gasteiger partial charge in [-0.2, -0.15) is 5.26 Å². The summed E-state index contributed by atoms with van der Waals surface area (Å²) < 4.78 is 0.720. The maximum Gasteiger partial charge on any atom is 0.255 e. The van der Waals surface area contributed by atoms with Gasteiger partial charge in [-0.25, -0.2) is 4.98 Å². The summed E-state index contributed by atoms with van der Waals surface area (Å²) in [5.74, 6) is 0.100. The van der Waals surface area contributed by atoms with E-state index in [9.17, 15) is 4.79 Å². The highest BCUT2D eigenvalue weighted by atomic mass is 79.9. The van der Waals surface area contributed by atoms with Crippen LogP contribution in [-0.4, -0.2) is 28.9 Å². The number of aromatic nitrogens is 1. The Balaban J connectivity index is 2.02. The summed E-state index contributed by atoms with van der Waals surface area (Å²) in [5.41, 5.74) is 0.601. The van der Waals surface area contributed by atoms with Crippen molar-refractivity contribution in [3.63, 3.8) is 0 Å². The number of piperidine rings is 1. The van der Waals surface area contributed by atoms with E-state index in [1.165, 1.54) is 0 Å². The highest BCUT2D eigenvalue weighted by Crippen LogP contribution is 2.18. The second kappa shape index (κ2) is 5.28. The lowest BCUT2D eigenvalue weighted by Gasteiger charge is -2.29. The van der Waals surface area contributed by atoms with E-state index in [2.05, 4.69) is 27.0 Å². The summed E-state index contributed by atoms with van der Waals surface area (Å²) >= 11 is 3.24. The van der Waals surface area contributed by atoms with E-state index < -0.39 is 0 Å². The maximum atomic E-state index is 12.1. The Bertz CT molecular complexity index is 444. The van der Waals surface area contributed by atoms with Gasteiger partial charge in [-0.05, 0) is 40.9 Å². The van der Waals surface area contributed by atoms with Gasteiger partial charge in [0.2, 0.25) is 0 Å². The van der Waals surface area contributed by atoms with Crippen molar-refractivity contribution < 1.29 is 4.79 Å². The Hall–Kier alpha value is -1.41. The number of amides is 1. The SMILES string of the molecule is N#CC1CCN(C(=O)c2ccc(Br)nc2)CC1. The van der Waals surface area contributed by atoms with E-state index in [1.54, 1.807) is 23.2 Å². The van der Waals surface area contributed by atoms with Crippen molar-refractivity contribution in [1.29, 1.82) is 5.26 Å². The fourth-order valence-electron chi connectivity index (χ4n) is 1.90. The van der Waals surface area contributed by atoms with Gasteiger partial charge >= 0.3 is 0 Å². The molecule has 0 spiro atoms. The third kappa shape index (κ3) is 2.83. The zero-order valence-electron chi connectivity index (χ0n) is 9.27. The smallest absolute Gasteiger partial charge is 0.255 e. The van der Waals surface area contributed by atoms with E-state index >= 15 is 0 Å². The van der Waals surface area contributed by atoms with Crippen LogP contribution < -0.4 is 0 Å². The minimum atomic E-state index is 0.00129. The number of likely N-dealkylation sites (tertiary alicyclic amines) is 1. The molecule has 88 valence electrons. The molecule has 0 atom stereocenters. The molecule has 0 aromatic carbocycles. The van der Waals surface area contributed by atoms with E-state index in [1.807, 2.05) is 0 Å². The van der Waals surface area contributed by atoms with Crippen LogP contribution in [0.3, 0.4) is 0 Å². The van der Waals surface area contributed by atoms with Gasteiger partial charge in [0.1, 0.15) is 4.60 Å². The molecule has 0 radical (unpaired) electrons. The number of pyridine rings is 1. The van der Waals surface area contributed by atoms with Crippen LogP contribution >= 0.6 is 15.9 Å². The van der Waals surface area contributed by atoms with Gasteiger partial charge in [0.25, 0.3) is 5.91 Å². The zero-order valence-corrected chi connectivity index (χ0v) is 10.9. The molecule has 1 aromatic rings. The molecule has 0 unspecified atom stereocenters. The third-order valence-electron chi connectivity index (χ3n) is 2.94. The molecule has 0 saturated carbocycles. The number of halogens is 1. The molecule has 0 bridgehead atoms. The lowest BCUT2D eigenvalue weighted by molar-refractivity contribution is 0.0707. The number of rotatable bonds is 1. The number of carbonyl (C=O) groups is 1. The van der Waals surface area contributed by atoms with Crippen molar-refractivity contribution in [3.8, 4) is 6.07 Å². The minimum Gasteiger partial charge on any atom is -0.339 e. The van der Waals surface area contributed by atoms with Crippen LogP contribution in [0.5, 0.6) is 0 Å². The second-order valence-corrected chi connectivity index (χ2v) is 4.88. The van der Waals surface area contributed by atoms with Gasteiger partial charge < -0.3 is 4.90 Å². The average Bonchev–Trinajstić information content (AvgIpc) is 2.39. The first kappa shape index (κ1) is 12.1. The van der Waals surface area contributed by atoms with Crippen molar-refractivity contribution in [1.82, 2.24) is 9.88 Å². The summed E-state index contributed by atoms with van der Waals surface area (Å²) in [6, 6.07) is 5.77. The summed E-state index contributed by atoms with van der Waals surface area (Å²) in [5, 5.41) is 8.79. The Morgan fingerprint density at radius 3 is 2.71 bits per heavy atom. The number of hydrogen-bond donors (Lipinski definition) is 0. The van der Waals surface area contributed by atoms with Gasteiger partial charge in [-0.1, -0.05) is 0 Å². The lowest BCUT2D eigenvalue weighted by Crippen LogP contribution is -2.38. The van der Waals surface area contributed by atoms with Crippen LogP contribution in [0, 0.1) is 17.2 Å². The molecule has 0 aliphatic carbocycles. The molecule has 1 aromatic heterocycles. The molecular weight excluding hydrogens is 282 g/mol. The van der Waals surface area contributed by atoms with Gasteiger partial charge in [0.05, 0.1) is 11.6 Å². The fraction of sp³-hybridized carbons (Fsp3) is 0.417. The first-order valence-corrected chi connectivity index (χ1v) is 6.30. The predicted molar refractivity (Wildman–Crippen MR) is 66.2 cm³/mol. The highest BCUT2D eigenvalue weighted by Gasteiger charge is 2.23. The Labute approximate surface area is 108 Å². The molecule has 1 amide bonds. The second-order valence-electron chi connectivity index (χ2n) is 4.07. The van der Waals surface area contributed by atoms with Crippen molar-refractivity contribution in [2.75, 3.05) is 13.1 Å². The molecule has 2 heterocycles. The molecule has 5 heteroatoms. The summed E-state index contributed by atoms with van der Waals surface area (Å²) in [6.07, 6.45) is 3.11. The number of hydrogen-bond acceptors (Lipinski definition) is 3. The standard InChI is InChI=1S/C12H12BrN3O/c13-11-2-1-10(8-15-11)12(17)16-5-3-9(7-14)4-6-16/h1-2,8-9H,3-6H2. The van der Waals surface area contributed by atoms with E-state index in [-0.39, 0.29) is 11.8 Å². The van der Waals surface area contributed by atoms with E-state index in [4.69, 9.17) is 5.26 Å². The van der Waals surface area contributed by atoms with Crippen LogP contribution in [0.4, 0.5) is 0 Å². The Morgan fingerprint density at radius 1 is 1.47 bits per heavy atom. The van der Waals surface area contributed by atoms with Crippen LogP contribution in [0.2, 0.25) is 0 Å². The van der Waals surface area contributed by atoms with Crippen molar-refractivity contribution in [2.45, 2.75) is 12.8 Å². The quantitative estimate of drug-likeness (QED) is 0.746. The normalized spacial score (nSPS) is 16.6. The minimum absolute atomic E-state index is 0.00129. The van der Waals surface area contributed by atoms with Gasteiger partial charge in [0, 0.05) is 25.2 Å². The number of nitrogens with zero attached hydrogens (tertiary/aromatic N) is 3. The molecule has 1 aliphatic heterocycles. The lowest BCUT2D eigenvalue weighted by atomic mass is 9.98. The molecular formula is C12H12BrN3O. The molecule has 1 aliphatic rings. The maximum absolute atomic E-state index is 12.1. The first-order chi connectivity index (χ1) is 8.20. The number of nitriles is 1. The van der Waals surface area contributed by atoms with Gasteiger partial charge in [-0.3, -0.25) is 4.79 Å². The molecule has 2 rings (SSSR count). The molecule has 1 fully saturated rings. The largest absolute Gasteiger partial charge is 0.339 e. The highest BCUT2D eigenvalue weighted by molar-refractivity contribution is 9.10. The van der Waals surface area contributed by atoms with Gasteiger partial charge in [-0.15, -0.1) is 0 Å². The van der Waals surface area contributed by atoms with Crippen LogP contribution in [0.15, 0.2) is 22.9 Å².